The summed E-state index contributed by atoms with van der Waals surface area (Å²) in [5, 5.41) is 12.3. The molecule has 1 N–H and O–H groups in total. The van der Waals surface area contributed by atoms with Gasteiger partial charge in [-0.15, -0.1) is 0 Å². The third-order valence-corrected chi connectivity index (χ3v) is 7.92. The molecule has 38 heavy (non-hydrogen) atoms. The van der Waals surface area contributed by atoms with Gasteiger partial charge in [-0.3, -0.25) is 34.3 Å². The van der Waals surface area contributed by atoms with E-state index in [0.29, 0.717) is 17.9 Å². The summed E-state index contributed by atoms with van der Waals surface area (Å²) in [7, 11) is 4.41. The highest BCUT2D eigenvalue weighted by Crippen LogP contribution is 2.62. The summed E-state index contributed by atoms with van der Waals surface area (Å²) in [6.07, 6.45) is 3.52. The Labute approximate surface area is 221 Å². The number of carbonyl (C=O) groups is 2. The maximum absolute atomic E-state index is 13.9. The fourth-order valence-corrected chi connectivity index (χ4v) is 6.58. The molecule has 2 saturated heterocycles. The van der Waals surface area contributed by atoms with E-state index >= 15 is 0 Å². The van der Waals surface area contributed by atoms with Gasteiger partial charge in [0.05, 0.1) is 49.5 Å². The number of piperidine rings is 2. The summed E-state index contributed by atoms with van der Waals surface area (Å²) < 4.78 is 10.7. The van der Waals surface area contributed by atoms with E-state index < -0.39 is 41.0 Å². The summed E-state index contributed by atoms with van der Waals surface area (Å²) in [6, 6.07) is 15.0. The van der Waals surface area contributed by atoms with Crippen molar-refractivity contribution in [2.45, 2.75) is 24.7 Å². The summed E-state index contributed by atoms with van der Waals surface area (Å²) in [4.78, 5) is 45.3. The molecule has 0 spiro atoms. The number of methoxy groups -OCH3 is 2. The Balaban J connectivity index is 1.79. The Bertz CT molecular complexity index is 1200. The van der Waals surface area contributed by atoms with Crippen molar-refractivity contribution in [1.29, 1.82) is 0 Å². The van der Waals surface area contributed by atoms with Crippen LogP contribution in [0.1, 0.15) is 29.2 Å². The zero-order chi connectivity index (χ0) is 26.9. The Morgan fingerprint density at radius 1 is 0.842 bits per heavy atom. The monoisotopic (exact) mass is 517 g/mol. The first-order chi connectivity index (χ1) is 18.4. The van der Waals surface area contributed by atoms with Crippen molar-refractivity contribution in [2.24, 2.45) is 10.8 Å². The summed E-state index contributed by atoms with van der Waals surface area (Å²) in [5.74, 6) is -1.27. The van der Waals surface area contributed by atoms with Crippen LogP contribution in [0.5, 0.6) is 0 Å². The largest absolute Gasteiger partial charge is 0.468 e. The van der Waals surface area contributed by atoms with Gasteiger partial charge < -0.3 is 14.6 Å². The predicted octanol–water partition coefficient (Wildman–Crippen LogP) is 1.79. The molecular formula is C28H31N5O5. The molecule has 5 heterocycles. The zero-order valence-electron chi connectivity index (χ0n) is 21.6. The van der Waals surface area contributed by atoms with Crippen LogP contribution in [0, 0.1) is 10.8 Å². The zero-order valence-corrected chi connectivity index (χ0v) is 21.6. The lowest BCUT2D eigenvalue weighted by molar-refractivity contribution is -0.250. The second-order valence-electron chi connectivity index (χ2n) is 9.91. The van der Waals surface area contributed by atoms with Crippen LogP contribution >= 0.6 is 0 Å². The molecular weight excluding hydrogens is 486 g/mol. The van der Waals surface area contributed by atoms with Gasteiger partial charge in [-0.25, -0.2) is 0 Å². The van der Waals surface area contributed by atoms with Crippen LogP contribution in [0.25, 0.3) is 0 Å². The van der Waals surface area contributed by atoms with Crippen LogP contribution in [-0.4, -0.2) is 82.3 Å². The number of esters is 2. The van der Waals surface area contributed by atoms with Crippen molar-refractivity contribution >= 4 is 11.9 Å². The van der Waals surface area contributed by atoms with Crippen LogP contribution in [0.15, 0.2) is 73.2 Å². The van der Waals surface area contributed by atoms with Crippen LogP contribution in [0.4, 0.5) is 0 Å². The van der Waals surface area contributed by atoms with Crippen molar-refractivity contribution in [3.63, 3.8) is 0 Å². The van der Waals surface area contributed by atoms with Gasteiger partial charge in [-0.2, -0.15) is 0 Å². The lowest BCUT2D eigenvalue weighted by atomic mass is 9.53. The van der Waals surface area contributed by atoms with Gasteiger partial charge in [0.25, 0.3) is 0 Å². The van der Waals surface area contributed by atoms with Crippen LogP contribution in [0.2, 0.25) is 0 Å². The minimum atomic E-state index is -1.58. The van der Waals surface area contributed by atoms with Gasteiger partial charge >= 0.3 is 11.9 Å². The third kappa shape index (κ3) is 3.87. The smallest absolute Gasteiger partial charge is 0.317 e. The van der Waals surface area contributed by atoms with Gasteiger partial charge in [-0.05, 0) is 43.4 Å². The van der Waals surface area contributed by atoms with Crippen molar-refractivity contribution < 1.29 is 24.2 Å². The first-order valence-corrected chi connectivity index (χ1v) is 12.4. The number of hydrogen-bond acceptors (Lipinski definition) is 10. The SMILES string of the molecule is COC(=O)C12CN(Cc3ccccn3)CC(C(=O)OC)(C(c3ccccn3)N(C)C1c1ccccn1)C2O. The number of carbonyl (C=O) groups excluding carboxylic acids is 2. The lowest BCUT2D eigenvalue weighted by Crippen LogP contribution is -2.77. The maximum atomic E-state index is 13.9. The van der Waals surface area contributed by atoms with E-state index in [1.54, 1.807) is 30.7 Å². The van der Waals surface area contributed by atoms with Gasteiger partial charge in [0.2, 0.25) is 0 Å². The standard InChI is InChI=1S/C28H31N5O5/c1-32-22(20-11-5-8-14-30-20)27(25(35)37-2)17-33(16-19-10-4-7-13-29-19)18-28(24(27)34,26(36)38-3)23(32)21-12-6-9-15-31-21/h4-15,22-24,34H,16-18H2,1-3H3. The topological polar surface area (TPSA) is 118 Å². The Kier molecular flexibility index (Phi) is 6.95. The lowest BCUT2D eigenvalue weighted by Gasteiger charge is -2.64. The molecule has 10 nitrogen and oxygen atoms in total. The van der Waals surface area contributed by atoms with E-state index in [0.717, 1.165) is 5.69 Å². The normalized spacial score (nSPS) is 29.4. The first kappa shape index (κ1) is 25.9. The third-order valence-electron chi connectivity index (χ3n) is 7.92. The molecule has 2 aliphatic heterocycles. The summed E-state index contributed by atoms with van der Waals surface area (Å²) >= 11 is 0. The number of aliphatic hydroxyl groups excluding tert-OH is 1. The number of likely N-dealkylation sites (tertiary alicyclic amines) is 2. The second-order valence-corrected chi connectivity index (χ2v) is 9.91. The highest BCUT2D eigenvalue weighted by atomic mass is 16.5. The van der Waals surface area contributed by atoms with E-state index in [1.165, 1.54) is 14.2 Å². The molecule has 2 fully saturated rings. The molecule has 198 valence electrons. The van der Waals surface area contributed by atoms with Crippen LogP contribution in [-0.2, 0) is 25.6 Å². The van der Waals surface area contributed by atoms with E-state index in [2.05, 4.69) is 15.0 Å². The first-order valence-electron chi connectivity index (χ1n) is 12.4. The highest BCUT2D eigenvalue weighted by Gasteiger charge is 2.75. The molecule has 5 rings (SSSR count). The van der Waals surface area contributed by atoms with E-state index in [9.17, 15) is 14.7 Å². The van der Waals surface area contributed by atoms with Crippen LogP contribution < -0.4 is 0 Å². The number of aliphatic hydroxyl groups is 1. The number of ether oxygens (including phenoxy) is 2. The molecule has 0 radical (unpaired) electrons. The number of hydrogen-bond donors (Lipinski definition) is 1. The fraction of sp³-hybridized carbons (Fsp3) is 0.393. The molecule has 0 saturated carbocycles. The molecule has 2 bridgehead atoms. The van der Waals surface area contributed by atoms with Crippen molar-refractivity contribution in [3.8, 4) is 0 Å². The Morgan fingerprint density at radius 2 is 1.32 bits per heavy atom. The van der Waals surface area contributed by atoms with E-state index in [-0.39, 0.29) is 13.1 Å². The average molecular weight is 518 g/mol. The molecule has 10 heteroatoms. The van der Waals surface area contributed by atoms with Gasteiger partial charge in [0.1, 0.15) is 10.8 Å². The molecule has 4 unspecified atom stereocenters. The summed E-state index contributed by atoms with van der Waals surface area (Å²) in [5.41, 5.74) is -1.26. The molecule has 0 amide bonds. The number of nitrogens with zero attached hydrogens (tertiary/aromatic N) is 5. The van der Waals surface area contributed by atoms with E-state index in [1.807, 2.05) is 59.3 Å². The minimum absolute atomic E-state index is 0.108. The quantitative estimate of drug-likeness (QED) is 0.485. The number of rotatable bonds is 6. The van der Waals surface area contributed by atoms with Crippen molar-refractivity contribution in [3.05, 3.63) is 90.3 Å². The average Bonchev–Trinajstić information content (AvgIpc) is 2.95. The maximum Gasteiger partial charge on any atom is 0.317 e. The van der Waals surface area contributed by atoms with Crippen LogP contribution in [0.3, 0.4) is 0 Å². The van der Waals surface area contributed by atoms with Crippen molar-refractivity contribution in [1.82, 2.24) is 24.8 Å². The number of pyridine rings is 3. The predicted molar refractivity (Wildman–Crippen MR) is 136 cm³/mol. The highest BCUT2D eigenvalue weighted by molar-refractivity contribution is 5.86. The Hall–Kier alpha value is -3.73. The molecule has 4 atom stereocenters. The molecule has 0 aliphatic carbocycles. The Morgan fingerprint density at radius 3 is 1.71 bits per heavy atom. The fourth-order valence-electron chi connectivity index (χ4n) is 6.58. The van der Waals surface area contributed by atoms with Gasteiger partial charge in [0, 0.05) is 38.2 Å². The molecule has 3 aromatic rings. The van der Waals surface area contributed by atoms with Gasteiger partial charge in [0.15, 0.2) is 0 Å². The van der Waals surface area contributed by atoms with Crippen molar-refractivity contribution in [2.75, 3.05) is 34.4 Å². The molecule has 3 aromatic heterocycles. The minimum Gasteiger partial charge on any atom is -0.468 e. The molecule has 2 aliphatic rings. The number of fused-ring (bicyclic) bond motifs is 2. The molecule has 0 aromatic carbocycles. The van der Waals surface area contributed by atoms with E-state index in [4.69, 9.17) is 9.47 Å². The van der Waals surface area contributed by atoms with Gasteiger partial charge in [-0.1, -0.05) is 18.2 Å². The number of aromatic nitrogens is 3. The summed E-state index contributed by atoms with van der Waals surface area (Å²) in [6.45, 7) is 0.562. The second kappa shape index (κ2) is 10.2.